The zero-order chi connectivity index (χ0) is 22.8. The predicted molar refractivity (Wildman–Crippen MR) is 119 cm³/mol. The van der Waals surface area contributed by atoms with Crippen molar-refractivity contribution in [1.29, 1.82) is 5.26 Å². The van der Waals surface area contributed by atoms with Crippen LogP contribution in [0.25, 0.3) is 16.8 Å². The third-order valence-corrected chi connectivity index (χ3v) is 5.91. The fourth-order valence-electron chi connectivity index (χ4n) is 4.29. The van der Waals surface area contributed by atoms with Crippen molar-refractivity contribution in [3.63, 3.8) is 0 Å². The molecule has 10 heteroatoms. The van der Waals surface area contributed by atoms with Crippen LogP contribution in [0, 0.1) is 11.3 Å². The van der Waals surface area contributed by atoms with E-state index in [-0.39, 0.29) is 11.9 Å². The van der Waals surface area contributed by atoms with E-state index in [0.29, 0.717) is 56.4 Å². The molecule has 0 spiro atoms. The van der Waals surface area contributed by atoms with Crippen molar-refractivity contribution in [1.82, 2.24) is 19.5 Å². The number of rotatable bonds is 4. The second-order valence-electron chi connectivity index (χ2n) is 8.01. The lowest BCUT2D eigenvalue weighted by atomic mass is 10.0. The fraction of sp³-hybridized carbons (Fsp3) is 0.391. The van der Waals surface area contributed by atoms with Crippen LogP contribution in [-0.4, -0.2) is 77.6 Å². The van der Waals surface area contributed by atoms with E-state index in [4.69, 9.17) is 14.2 Å². The number of carbonyl (C=O) groups is 1. The molecule has 1 amide bonds. The first-order valence-electron chi connectivity index (χ1n) is 10.8. The van der Waals surface area contributed by atoms with Gasteiger partial charge in [-0.1, -0.05) is 0 Å². The number of amides is 1. The summed E-state index contributed by atoms with van der Waals surface area (Å²) in [5.41, 5.74) is 3.59. The maximum absolute atomic E-state index is 13.0. The van der Waals surface area contributed by atoms with E-state index in [2.05, 4.69) is 21.5 Å². The van der Waals surface area contributed by atoms with Gasteiger partial charge in [-0.15, -0.1) is 0 Å². The van der Waals surface area contributed by atoms with Crippen molar-refractivity contribution in [2.24, 2.45) is 0 Å². The largest absolute Gasteiger partial charge is 0.475 e. The van der Waals surface area contributed by atoms with Gasteiger partial charge < -0.3 is 24.4 Å². The number of hydrogen-bond donors (Lipinski definition) is 1. The summed E-state index contributed by atoms with van der Waals surface area (Å²) >= 11 is 0. The molecule has 2 atom stereocenters. The van der Waals surface area contributed by atoms with Gasteiger partial charge in [0.05, 0.1) is 37.1 Å². The fourth-order valence-corrected chi connectivity index (χ4v) is 4.29. The molecule has 0 radical (unpaired) electrons. The molecule has 5 rings (SSSR count). The number of hydrogen-bond acceptors (Lipinski definition) is 8. The van der Waals surface area contributed by atoms with Crippen LogP contribution >= 0.6 is 0 Å². The topological polar surface area (TPSA) is 114 Å². The summed E-state index contributed by atoms with van der Waals surface area (Å²) < 4.78 is 18.5. The number of fused-ring (bicyclic) bond motifs is 5. The molecule has 0 aliphatic carbocycles. The van der Waals surface area contributed by atoms with Crippen LogP contribution in [0.5, 0.6) is 5.88 Å². The number of nitrogens with zero attached hydrogens (tertiary/aromatic N) is 5. The van der Waals surface area contributed by atoms with E-state index < -0.39 is 6.10 Å². The number of methoxy groups -OCH3 is 1. The minimum absolute atomic E-state index is 0.0541. The first-order chi connectivity index (χ1) is 16.2. The Morgan fingerprint density at radius 3 is 3.09 bits per heavy atom. The van der Waals surface area contributed by atoms with Crippen LogP contribution in [0.3, 0.4) is 0 Å². The Bertz CT molecular complexity index is 1220. The maximum Gasteiger partial charge on any atom is 0.252 e. The molecule has 1 unspecified atom stereocenters. The monoisotopic (exact) mass is 448 g/mol. The quantitative estimate of drug-likeness (QED) is 0.600. The standard InChI is InChI=1S/C23H24N6O4/c1-31-6-7-32-20-11-18-14-33-21-2-4-29-22(27-21)19(13-26-29)16-8-15(12-24)9-17(10-16)25-3-5-28(18)23(20)30/h2,4,8-10,13,18,20,25H,3,5-7,11,14H2,1H3/t18-,20?/m0/s1. The summed E-state index contributed by atoms with van der Waals surface area (Å²) in [4.78, 5) is 19.5. The molecule has 1 aromatic carbocycles. The number of aromatic nitrogens is 3. The maximum atomic E-state index is 13.0. The van der Waals surface area contributed by atoms with Crippen LogP contribution in [0.1, 0.15) is 12.0 Å². The van der Waals surface area contributed by atoms with Crippen molar-refractivity contribution in [2.45, 2.75) is 18.6 Å². The predicted octanol–water partition coefficient (Wildman–Crippen LogP) is 1.70. The molecule has 1 saturated heterocycles. The number of nitriles is 1. The van der Waals surface area contributed by atoms with Gasteiger partial charge in [-0.2, -0.15) is 15.3 Å². The Balaban J connectivity index is 1.49. The lowest BCUT2D eigenvalue weighted by Gasteiger charge is -2.25. The molecule has 33 heavy (non-hydrogen) atoms. The van der Waals surface area contributed by atoms with Crippen molar-refractivity contribution in [3.8, 4) is 23.1 Å². The molecule has 0 saturated carbocycles. The Morgan fingerprint density at radius 1 is 1.33 bits per heavy atom. The minimum atomic E-state index is -0.519. The molecular formula is C23H24N6O4. The minimum Gasteiger partial charge on any atom is -0.475 e. The van der Waals surface area contributed by atoms with Gasteiger partial charge in [0.1, 0.15) is 12.7 Å². The molecular weight excluding hydrogens is 424 g/mol. The zero-order valence-corrected chi connectivity index (χ0v) is 18.2. The number of ether oxygens (including phenoxy) is 3. The Kier molecular flexibility index (Phi) is 5.81. The van der Waals surface area contributed by atoms with Gasteiger partial charge in [0.15, 0.2) is 5.65 Å². The zero-order valence-electron chi connectivity index (χ0n) is 18.2. The molecule has 1 fully saturated rings. The van der Waals surface area contributed by atoms with Gasteiger partial charge in [-0.05, 0) is 23.8 Å². The smallest absolute Gasteiger partial charge is 0.252 e. The summed E-state index contributed by atoms with van der Waals surface area (Å²) in [6.45, 7) is 2.11. The highest BCUT2D eigenvalue weighted by atomic mass is 16.5. The average molecular weight is 448 g/mol. The first-order valence-corrected chi connectivity index (χ1v) is 10.8. The van der Waals surface area contributed by atoms with Crippen LogP contribution in [-0.2, 0) is 14.3 Å². The van der Waals surface area contributed by atoms with Crippen molar-refractivity contribution >= 4 is 17.2 Å². The second-order valence-corrected chi connectivity index (χ2v) is 8.01. The van der Waals surface area contributed by atoms with Crippen LogP contribution in [0.2, 0.25) is 0 Å². The Labute approximate surface area is 190 Å². The van der Waals surface area contributed by atoms with Crippen LogP contribution in [0.15, 0.2) is 36.7 Å². The highest BCUT2D eigenvalue weighted by Crippen LogP contribution is 2.29. The molecule has 1 N–H and O–H groups in total. The third kappa shape index (κ3) is 4.20. The summed E-state index contributed by atoms with van der Waals surface area (Å²) in [7, 11) is 1.60. The third-order valence-electron chi connectivity index (χ3n) is 5.91. The lowest BCUT2D eigenvalue weighted by molar-refractivity contribution is -0.138. The molecule has 4 bridgehead atoms. The normalized spacial score (nSPS) is 20.1. The first kappa shape index (κ1) is 21.2. The van der Waals surface area contributed by atoms with E-state index in [1.165, 1.54) is 0 Å². The van der Waals surface area contributed by atoms with Gasteiger partial charge in [0.25, 0.3) is 5.91 Å². The van der Waals surface area contributed by atoms with E-state index in [1.807, 2.05) is 12.1 Å². The molecule has 4 heterocycles. The number of carbonyl (C=O) groups excluding carboxylic acids is 1. The van der Waals surface area contributed by atoms with Gasteiger partial charge in [-0.25, -0.2) is 4.52 Å². The Morgan fingerprint density at radius 2 is 2.24 bits per heavy atom. The van der Waals surface area contributed by atoms with Gasteiger partial charge >= 0.3 is 0 Å². The van der Waals surface area contributed by atoms with Crippen molar-refractivity contribution in [3.05, 3.63) is 42.2 Å². The molecule has 3 aromatic rings. The SMILES string of the molecule is COCCOC1C[C@H]2COc3ccn4ncc(c4n3)-c3cc(C#N)cc(c3)NCCN2C1=O. The van der Waals surface area contributed by atoms with Crippen molar-refractivity contribution in [2.75, 3.05) is 45.3 Å². The van der Waals surface area contributed by atoms with E-state index in [0.717, 1.165) is 16.8 Å². The lowest BCUT2D eigenvalue weighted by Crippen LogP contribution is -2.41. The average Bonchev–Trinajstić information content (AvgIpc) is 3.38. The van der Waals surface area contributed by atoms with Crippen molar-refractivity contribution < 1.29 is 19.0 Å². The van der Waals surface area contributed by atoms with E-state index >= 15 is 0 Å². The molecule has 10 nitrogen and oxygen atoms in total. The molecule has 170 valence electrons. The van der Waals surface area contributed by atoms with Gasteiger partial charge in [0, 0.05) is 50.1 Å². The summed E-state index contributed by atoms with van der Waals surface area (Å²) in [6, 6.07) is 9.39. The second kappa shape index (κ2) is 9.05. The van der Waals surface area contributed by atoms with E-state index in [1.54, 1.807) is 41.1 Å². The van der Waals surface area contributed by atoms with Gasteiger partial charge in [-0.3, -0.25) is 4.79 Å². The van der Waals surface area contributed by atoms with Gasteiger partial charge in [0.2, 0.25) is 5.88 Å². The number of nitrogens with one attached hydrogen (secondary N) is 1. The Hall–Kier alpha value is -3.68. The van der Waals surface area contributed by atoms with Crippen LogP contribution < -0.4 is 10.1 Å². The number of anilines is 1. The number of benzene rings is 1. The highest BCUT2D eigenvalue weighted by Gasteiger charge is 2.40. The van der Waals surface area contributed by atoms with Crippen LogP contribution in [0.4, 0.5) is 5.69 Å². The summed E-state index contributed by atoms with van der Waals surface area (Å²) in [6.07, 6.45) is 3.54. The molecule has 2 aliphatic rings. The highest BCUT2D eigenvalue weighted by molar-refractivity contribution is 5.84. The molecule has 2 aromatic heterocycles. The summed E-state index contributed by atoms with van der Waals surface area (Å²) in [5, 5.41) is 17.3. The molecule has 2 aliphatic heterocycles. The summed E-state index contributed by atoms with van der Waals surface area (Å²) in [5.74, 6) is 0.397. The van der Waals surface area contributed by atoms with E-state index in [9.17, 15) is 10.1 Å².